The molecule has 5 aromatic rings. The van der Waals surface area contributed by atoms with Crippen LogP contribution >= 0.6 is 34.8 Å². The molecule has 0 fully saturated rings. The van der Waals surface area contributed by atoms with Crippen molar-refractivity contribution in [2.45, 2.75) is 0 Å². The first-order valence-electron chi connectivity index (χ1n) is 10.2. The first-order valence-corrected chi connectivity index (χ1v) is 11.4. The van der Waals surface area contributed by atoms with Crippen molar-refractivity contribution < 1.29 is 0 Å². The second kappa shape index (κ2) is 9.12. The molecule has 2 N–H and O–H groups in total. The third-order valence-electron chi connectivity index (χ3n) is 5.19. The van der Waals surface area contributed by atoms with E-state index in [0.29, 0.717) is 43.7 Å². The second-order valence-corrected chi connectivity index (χ2v) is 8.61. The van der Waals surface area contributed by atoms with Crippen molar-refractivity contribution in [3.05, 3.63) is 98.2 Å². The maximum absolute atomic E-state index is 13.9. The molecule has 0 unspecified atom stereocenters. The van der Waals surface area contributed by atoms with Gasteiger partial charge in [-0.2, -0.15) is 0 Å². The lowest BCUT2D eigenvalue weighted by Gasteiger charge is -2.15. The number of benzene rings is 3. The SMILES string of the molecule is CNNc1nc2c(=O)n(-c3ccc(Cl)cc3)c(-c3ccc(Cl)cc3Cl)nc2n1-c1ccccc1. The van der Waals surface area contributed by atoms with Crippen LogP contribution in [0, 0.1) is 0 Å². The Morgan fingerprint density at radius 2 is 1.47 bits per heavy atom. The summed E-state index contributed by atoms with van der Waals surface area (Å²) in [6.45, 7) is 0. The van der Waals surface area contributed by atoms with Crippen LogP contribution in [0.3, 0.4) is 0 Å². The number of rotatable bonds is 5. The number of halogens is 3. The van der Waals surface area contributed by atoms with E-state index in [9.17, 15) is 4.79 Å². The molecule has 0 radical (unpaired) electrons. The summed E-state index contributed by atoms with van der Waals surface area (Å²) in [5.74, 6) is 0.755. The van der Waals surface area contributed by atoms with Gasteiger partial charge in [-0.3, -0.25) is 19.4 Å². The Bertz CT molecular complexity index is 1560. The third kappa shape index (κ3) is 3.93. The predicted octanol–water partition coefficient (Wildman–Crippen LogP) is 5.74. The average molecular weight is 512 g/mol. The highest BCUT2D eigenvalue weighted by Crippen LogP contribution is 2.32. The third-order valence-corrected chi connectivity index (χ3v) is 5.99. The van der Waals surface area contributed by atoms with Gasteiger partial charge in [0.25, 0.3) is 5.56 Å². The van der Waals surface area contributed by atoms with Crippen LogP contribution in [-0.4, -0.2) is 26.1 Å². The van der Waals surface area contributed by atoms with E-state index in [0.717, 1.165) is 5.69 Å². The molecular weight excluding hydrogens is 495 g/mol. The molecule has 10 heteroatoms. The lowest BCUT2D eigenvalue weighted by Crippen LogP contribution is -2.22. The van der Waals surface area contributed by atoms with Gasteiger partial charge in [0, 0.05) is 22.7 Å². The summed E-state index contributed by atoms with van der Waals surface area (Å²) in [5, 5.41) is 1.39. The van der Waals surface area contributed by atoms with Crippen molar-refractivity contribution in [3.63, 3.8) is 0 Å². The Hall–Kier alpha value is -3.36. The molecule has 0 bridgehead atoms. The Morgan fingerprint density at radius 1 is 0.794 bits per heavy atom. The van der Waals surface area contributed by atoms with Gasteiger partial charge in [0.1, 0.15) is 0 Å². The number of hydrogen-bond acceptors (Lipinski definition) is 5. The van der Waals surface area contributed by atoms with Crippen LogP contribution in [0.4, 0.5) is 5.95 Å². The van der Waals surface area contributed by atoms with Crippen LogP contribution in [-0.2, 0) is 0 Å². The van der Waals surface area contributed by atoms with E-state index < -0.39 is 0 Å². The number of imidazole rings is 1. The molecule has 5 rings (SSSR count). The van der Waals surface area contributed by atoms with Gasteiger partial charge in [-0.25, -0.2) is 15.4 Å². The van der Waals surface area contributed by atoms with Gasteiger partial charge in [0.2, 0.25) is 5.95 Å². The molecule has 2 aromatic heterocycles. The van der Waals surface area contributed by atoms with Crippen molar-refractivity contribution in [3.8, 4) is 22.8 Å². The van der Waals surface area contributed by atoms with Gasteiger partial charge >= 0.3 is 0 Å². The molecule has 0 spiro atoms. The highest BCUT2D eigenvalue weighted by Gasteiger charge is 2.23. The van der Waals surface area contributed by atoms with Crippen molar-refractivity contribution in [2.75, 3.05) is 12.5 Å². The molecule has 0 saturated heterocycles. The van der Waals surface area contributed by atoms with Gasteiger partial charge < -0.3 is 0 Å². The summed E-state index contributed by atoms with van der Waals surface area (Å²) >= 11 is 18.8. The number of fused-ring (bicyclic) bond motifs is 1. The average Bonchev–Trinajstić information content (AvgIpc) is 3.19. The summed E-state index contributed by atoms with van der Waals surface area (Å²) in [7, 11) is 1.72. The molecule has 170 valence electrons. The lowest BCUT2D eigenvalue weighted by molar-refractivity contribution is 0.921. The van der Waals surface area contributed by atoms with E-state index in [-0.39, 0.29) is 11.1 Å². The van der Waals surface area contributed by atoms with E-state index in [1.165, 1.54) is 4.57 Å². The second-order valence-electron chi connectivity index (χ2n) is 7.33. The fourth-order valence-corrected chi connectivity index (χ4v) is 4.33. The Kier molecular flexibility index (Phi) is 6.02. The van der Waals surface area contributed by atoms with Crippen LogP contribution in [0.25, 0.3) is 33.9 Å². The predicted molar refractivity (Wildman–Crippen MR) is 138 cm³/mol. The normalized spacial score (nSPS) is 11.2. The monoisotopic (exact) mass is 510 g/mol. The summed E-state index contributed by atoms with van der Waals surface area (Å²) in [6, 6.07) is 21.5. The number of para-hydroxylation sites is 1. The number of hydrogen-bond donors (Lipinski definition) is 2. The van der Waals surface area contributed by atoms with Gasteiger partial charge in [-0.05, 0) is 54.6 Å². The van der Waals surface area contributed by atoms with E-state index in [1.54, 1.807) is 54.1 Å². The zero-order valence-corrected chi connectivity index (χ0v) is 20.0. The van der Waals surface area contributed by atoms with Crippen LogP contribution in [0.5, 0.6) is 0 Å². The van der Waals surface area contributed by atoms with Crippen LogP contribution in [0.15, 0.2) is 77.6 Å². The molecule has 7 nitrogen and oxygen atoms in total. The van der Waals surface area contributed by atoms with E-state index in [4.69, 9.17) is 39.8 Å². The smallest absolute Gasteiger partial charge is 0.286 e. The van der Waals surface area contributed by atoms with Crippen molar-refractivity contribution >= 4 is 51.9 Å². The Morgan fingerprint density at radius 3 is 2.15 bits per heavy atom. The summed E-state index contributed by atoms with van der Waals surface area (Å²) in [5.41, 5.74) is 7.96. The zero-order valence-electron chi connectivity index (χ0n) is 17.8. The van der Waals surface area contributed by atoms with Crippen molar-refractivity contribution in [1.82, 2.24) is 24.5 Å². The lowest BCUT2D eigenvalue weighted by atomic mass is 10.2. The highest BCUT2D eigenvalue weighted by molar-refractivity contribution is 6.36. The maximum Gasteiger partial charge on any atom is 0.286 e. The number of anilines is 1. The van der Waals surface area contributed by atoms with Crippen molar-refractivity contribution in [2.24, 2.45) is 0 Å². The minimum absolute atomic E-state index is 0.186. The molecule has 2 heterocycles. The molecule has 3 aromatic carbocycles. The van der Waals surface area contributed by atoms with Crippen LogP contribution in [0.1, 0.15) is 0 Å². The largest absolute Gasteiger partial charge is 0.291 e. The summed E-state index contributed by atoms with van der Waals surface area (Å²) in [6.07, 6.45) is 0. The van der Waals surface area contributed by atoms with Gasteiger partial charge in [-0.15, -0.1) is 0 Å². The van der Waals surface area contributed by atoms with E-state index in [2.05, 4.69) is 15.8 Å². The summed E-state index contributed by atoms with van der Waals surface area (Å²) < 4.78 is 3.24. The fourth-order valence-electron chi connectivity index (χ4n) is 3.71. The Balaban J connectivity index is 1.91. The number of nitrogens with one attached hydrogen (secondary N) is 2. The molecule has 0 amide bonds. The number of nitrogens with zero attached hydrogens (tertiary/aromatic N) is 4. The van der Waals surface area contributed by atoms with Crippen LogP contribution < -0.4 is 16.4 Å². The summed E-state index contributed by atoms with van der Waals surface area (Å²) in [4.78, 5) is 23.4. The van der Waals surface area contributed by atoms with Gasteiger partial charge in [0.05, 0.1) is 16.4 Å². The topological polar surface area (TPSA) is 76.8 Å². The first-order chi connectivity index (χ1) is 16.5. The van der Waals surface area contributed by atoms with Crippen LogP contribution in [0.2, 0.25) is 15.1 Å². The molecule has 0 saturated carbocycles. The van der Waals surface area contributed by atoms with Gasteiger partial charge in [-0.1, -0.05) is 53.0 Å². The zero-order chi connectivity index (χ0) is 23.8. The highest BCUT2D eigenvalue weighted by atomic mass is 35.5. The van der Waals surface area contributed by atoms with E-state index >= 15 is 0 Å². The minimum Gasteiger partial charge on any atom is -0.291 e. The Labute approximate surface area is 209 Å². The molecule has 0 aliphatic heterocycles. The maximum atomic E-state index is 13.9. The molecule has 0 atom stereocenters. The van der Waals surface area contributed by atoms with Crippen molar-refractivity contribution in [1.29, 1.82) is 0 Å². The first kappa shape index (κ1) is 22.4. The number of aromatic nitrogens is 4. The number of hydrazine groups is 1. The molecule has 34 heavy (non-hydrogen) atoms. The van der Waals surface area contributed by atoms with E-state index in [1.807, 2.05) is 30.3 Å². The molecule has 0 aliphatic rings. The quantitative estimate of drug-likeness (QED) is 0.294. The minimum atomic E-state index is -0.359. The molecule has 0 aliphatic carbocycles. The standard InChI is InChI=1S/C24H17Cl3N6O/c1-28-31-24-29-20-22(33(24)16-5-3-2-4-6-16)30-21(18-12-9-15(26)13-19(18)27)32(23(20)34)17-10-7-14(25)8-11-17/h2-13,28H,1H3,(H,29,31). The van der Waals surface area contributed by atoms with Gasteiger partial charge in [0.15, 0.2) is 17.0 Å². The molecular formula is C24H17Cl3N6O. The fraction of sp³-hybridized carbons (Fsp3) is 0.0417.